The third kappa shape index (κ3) is 54.2. The topological polar surface area (TPSA) is 141 Å². The van der Waals surface area contributed by atoms with E-state index >= 15 is 0 Å². The number of esters is 1. The van der Waals surface area contributed by atoms with E-state index in [0.29, 0.717) is 13.0 Å². The minimum atomic E-state index is -4.64. The first kappa shape index (κ1) is 23.9. The normalized spacial score (nSPS) is 9.25. The highest BCUT2D eigenvalue weighted by atomic mass is 31.2. The Kier molecular flexibility index (Phi) is 18.9. The van der Waals surface area contributed by atoms with E-state index in [9.17, 15) is 9.59 Å². The minimum Gasteiger partial charge on any atom is -0.478 e. The van der Waals surface area contributed by atoms with Crippen molar-refractivity contribution in [2.45, 2.75) is 39.5 Å². The van der Waals surface area contributed by atoms with Crippen LogP contribution in [-0.4, -0.2) is 38.3 Å². The maximum atomic E-state index is 10.7. The van der Waals surface area contributed by atoms with Crippen molar-refractivity contribution in [1.29, 1.82) is 0 Å². The molecule has 0 unspecified atom stereocenters. The molecule has 0 aliphatic heterocycles. The Hall–Kier alpha value is -1.21. The first-order valence-corrected chi connectivity index (χ1v) is 7.44. The summed E-state index contributed by atoms with van der Waals surface area (Å²) in [6, 6.07) is 0. The molecule has 0 saturated carbocycles. The molecule has 8 nitrogen and oxygen atoms in total. The number of rotatable bonds is 6. The van der Waals surface area contributed by atoms with Crippen molar-refractivity contribution in [3.05, 3.63) is 12.7 Å². The highest BCUT2D eigenvalue weighted by Crippen LogP contribution is 2.25. The Bertz CT molecular complexity index is 301. The molecule has 9 heteroatoms. The summed E-state index contributed by atoms with van der Waals surface area (Å²) < 4.78 is 13.6. The van der Waals surface area contributed by atoms with Gasteiger partial charge in [0.2, 0.25) is 0 Å². The lowest BCUT2D eigenvalue weighted by atomic mass is 10.2. The largest absolute Gasteiger partial charge is 0.478 e. The molecule has 0 aliphatic rings. The second-order valence-electron chi connectivity index (χ2n) is 3.32. The Balaban J connectivity index is -0.000000244. The van der Waals surface area contributed by atoms with Gasteiger partial charge in [0.05, 0.1) is 6.61 Å². The van der Waals surface area contributed by atoms with Crippen LogP contribution < -0.4 is 0 Å². The van der Waals surface area contributed by atoms with Crippen LogP contribution in [0.4, 0.5) is 0 Å². The average Bonchev–Trinajstić information content (AvgIpc) is 2.28. The standard InChI is InChI=1S/C8H16O2.C3H4O2.H3O4P/c1-3-5-6-7-8(9)10-4-2;1-2-3(4)5;1-5(2,3)4/h3-7H2,1-2H3;2H,1H2,(H,4,5);(H3,1,2,3,4). The van der Waals surface area contributed by atoms with Gasteiger partial charge < -0.3 is 24.5 Å². The number of carbonyl (C=O) groups excluding carboxylic acids is 1. The van der Waals surface area contributed by atoms with Gasteiger partial charge in [-0.2, -0.15) is 0 Å². The summed E-state index contributed by atoms with van der Waals surface area (Å²) in [7, 11) is -4.64. The third-order valence-corrected chi connectivity index (χ3v) is 1.46. The molecule has 0 aliphatic carbocycles. The van der Waals surface area contributed by atoms with E-state index in [-0.39, 0.29) is 5.97 Å². The second kappa shape index (κ2) is 15.8. The molecule has 0 aromatic carbocycles. The summed E-state index contributed by atoms with van der Waals surface area (Å²) >= 11 is 0. The number of carbonyl (C=O) groups is 2. The van der Waals surface area contributed by atoms with Crippen molar-refractivity contribution in [2.24, 2.45) is 0 Å². The molecule has 120 valence electrons. The molecule has 0 heterocycles. The summed E-state index contributed by atoms with van der Waals surface area (Å²) in [5, 5.41) is 7.60. The van der Waals surface area contributed by atoms with Crippen LogP contribution >= 0.6 is 7.82 Å². The molecule has 0 radical (unpaired) electrons. The first-order chi connectivity index (χ1) is 9.08. The molecular weight excluding hydrogens is 291 g/mol. The van der Waals surface area contributed by atoms with Crippen LogP contribution in [0.25, 0.3) is 0 Å². The zero-order valence-corrected chi connectivity index (χ0v) is 12.6. The zero-order valence-electron chi connectivity index (χ0n) is 11.7. The van der Waals surface area contributed by atoms with Crippen molar-refractivity contribution in [3.63, 3.8) is 0 Å². The molecule has 0 fully saturated rings. The third-order valence-electron chi connectivity index (χ3n) is 1.46. The van der Waals surface area contributed by atoms with Gasteiger partial charge >= 0.3 is 19.8 Å². The van der Waals surface area contributed by atoms with Gasteiger partial charge in [-0.05, 0) is 13.3 Å². The quantitative estimate of drug-likeness (QED) is 0.250. The predicted octanol–water partition coefficient (Wildman–Crippen LogP) is 1.46. The summed E-state index contributed by atoms with van der Waals surface area (Å²) in [5.74, 6) is -1.04. The molecule has 0 bridgehead atoms. The first-order valence-electron chi connectivity index (χ1n) is 5.87. The summed E-state index contributed by atoms with van der Waals surface area (Å²) in [4.78, 5) is 41.5. The lowest BCUT2D eigenvalue weighted by Gasteiger charge is -1.99. The molecule has 0 amide bonds. The minimum absolute atomic E-state index is 0.0593. The number of carboxylic acid groups (broad SMARTS) is 1. The maximum Gasteiger partial charge on any atom is 0.466 e. The zero-order chi connectivity index (χ0) is 16.6. The maximum absolute atomic E-state index is 10.7. The second-order valence-corrected chi connectivity index (χ2v) is 4.34. The van der Waals surface area contributed by atoms with Gasteiger partial charge in [-0.25, -0.2) is 9.36 Å². The Labute approximate surface area is 118 Å². The fourth-order valence-electron chi connectivity index (χ4n) is 0.752. The van der Waals surface area contributed by atoms with Crippen molar-refractivity contribution < 1.29 is 38.7 Å². The molecule has 0 aromatic rings. The summed E-state index contributed by atoms with van der Waals surface area (Å²) in [6.07, 6.45) is 4.66. The van der Waals surface area contributed by atoms with Gasteiger partial charge in [0.1, 0.15) is 0 Å². The van der Waals surface area contributed by atoms with Crippen LogP contribution in [0.15, 0.2) is 12.7 Å². The average molecular weight is 314 g/mol. The van der Waals surface area contributed by atoms with Crippen LogP contribution in [0.3, 0.4) is 0 Å². The number of hydrogen-bond donors (Lipinski definition) is 4. The van der Waals surface area contributed by atoms with E-state index in [2.05, 4.69) is 13.5 Å². The van der Waals surface area contributed by atoms with E-state index in [1.54, 1.807) is 0 Å². The van der Waals surface area contributed by atoms with Gasteiger partial charge in [0.15, 0.2) is 0 Å². The van der Waals surface area contributed by atoms with Crippen molar-refractivity contribution in [1.82, 2.24) is 0 Å². The van der Waals surface area contributed by atoms with Crippen molar-refractivity contribution in [3.8, 4) is 0 Å². The summed E-state index contributed by atoms with van der Waals surface area (Å²) in [6.45, 7) is 7.41. The fraction of sp³-hybridized carbons (Fsp3) is 0.636. The molecule has 0 aromatic heterocycles. The fourth-order valence-corrected chi connectivity index (χ4v) is 0.752. The molecule has 20 heavy (non-hydrogen) atoms. The molecule has 0 rings (SSSR count). The van der Waals surface area contributed by atoms with E-state index in [0.717, 1.165) is 25.3 Å². The van der Waals surface area contributed by atoms with Crippen LogP contribution in [0.1, 0.15) is 39.5 Å². The van der Waals surface area contributed by atoms with Gasteiger partial charge in [0, 0.05) is 12.5 Å². The SMILES string of the molecule is C=CC(=O)O.CCCCCC(=O)OCC.O=P(O)(O)O. The summed E-state index contributed by atoms with van der Waals surface area (Å²) in [5.41, 5.74) is 0. The van der Waals surface area contributed by atoms with Gasteiger partial charge in [0.25, 0.3) is 0 Å². The monoisotopic (exact) mass is 314 g/mol. The number of aliphatic carboxylic acids is 1. The molecule has 4 N–H and O–H groups in total. The lowest BCUT2D eigenvalue weighted by molar-refractivity contribution is -0.143. The Morgan fingerprint density at radius 2 is 1.60 bits per heavy atom. The smallest absolute Gasteiger partial charge is 0.466 e. The highest BCUT2D eigenvalue weighted by Gasteiger charge is 2.00. The van der Waals surface area contributed by atoms with Gasteiger partial charge in [-0.1, -0.05) is 26.3 Å². The van der Waals surface area contributed by atoms with Crippen molar-refractivity contribution in [2.75, 3.05) is 6.61 Å². The lowest BCUT2D eigenvalue weighted by Crippen LogP contribution is -2.02. The predicted molar refractivity (Wildman–Crippen MR) is 72.9 cm³/mol. The number of phosphoric acid groups is 1. The number of unbranched alkanes of at least 4 members (excludes halogenated alkanes) is 2. The number of ether oxygens (including phenoxy) is 1. The Morgan fingerprint density at radius 3 is 1.85 bits per heavy atom. The molecule has 0 saturated heterocycles. The van der Waals surface area contributed by atoms with Gasteiger partial charge in [-0.15, -0.1) is 0 Å². The number of carboxylic acids is 1. The van der Waals surface area contributed by atoms with Crippen molar-refractivity contribution >= 4 is 19.8 Å². The molecular formula is C11H23O8P. The van der Waals surface area contributed by atoms with Crippen LogP contribution in [0.5, 0.6) is 0 Å². The molecule has 0 spiro atoms. The van der Waals surface area contributed by atoms with E-state index in [4.69, 9.17) is 29.1 Å². The van der Waals surface area contributed by atoms with E-state index in [1.807, 2.05) is 6.92 Å². The number of hydrogen-bond acceptors (Lipinski definition) is 4. The van der Waals surface area contributed by atoms with Crippen LogP contribution in [0.2, 0.25) is 0 Å². The van der Waals surface area contributed by atoms with E-state index < -0.39 is 13.8 Å². The van der Waals surface area contributed by atoms with E-state index in [1.165, 1.54) is 0 Å². The van der Waals surface area contributed by atoms with Crippen LogP contribution in [0, 0.1) is 0 Å². The highest BCUT2D eigenvalue weighted by molar-refractivity contribution is 7.45. The van der Waals surface area contributed by atoms with Gasteiger partial charge in [-0.3, -0.25) is 4.79 Å². The van der Waals surface area contributed by atoms with Crippen LogP contribution in [-0.2, 0) is 18.9 Å². The molecule has 0 atom stereocenters. The Morgan fingerprint density at radius 1 is 1.20 bits per heavy atom.